The molecule has 178 valence electrons. The van der Waals surface area contributed by atoms with Crippen molar-refractivity contribution in [3.8, 4) is 11.5 Å². The molecule has 36 heavy (non-hydrogen) atoms. The van der Waals surface area contributed by atoms with Crippen molar-refractivity contribution < 1.29 is 52.4 Å². The molecule has 0 bridgehead atoms. The summed E-state index contributed by atoms with van der Waals surface area (Å²) in [4.78, 5) is -0.706. The number of phenolic OH excluding ortho intramolecular Hbond substituents is 1. The number of nitrogens with zero attached hydrogens (tertiary/aromatic N) is 4. The number of hydrogen-bond donors (Lipinski definition) is 2. The number of nitrogen functional groups attached to an aromatic ring is 1. The van der Waals surface area contributed by atoms with Gasteiger partial charge in [-0.1, -0.05) is 24.3 Å². The second-order valence-electron chi connectivity index (χ2n) is 7.33. The van der Waals surface area contributed by atoms with Crippen molar-refractivity contribution in [2.24, 2.45) is 20.5 Å². The largest absolute Gasteiger partial charge is 1.00 e. The minimum absolute atomic E-state index is 0. The topological polar surface area (TPSA) is 162 Å². The molecule has 0 aliphatic rings. The van der Waals surface area contributed by atoms with Crippen molar-refractivity contribution in [1.82, 2.24) is 0 Å². The molecule has 0 heterocycles. The van der Waals surface area contributed by atoms with Gasteiger partial charge in [-0.2, -0.15) is 10.2 Å². The van der Waals surface area contributed by atoms with Gasteiger partial charge in [-0.25, -0.2) is 8.42 Å². The Labute approximate surface area is 229 Å². The number of fused-ring (bicyclic) bond motifs is 1. The number of hydrogen-bond acceptors (Lipinski definition) is 10. The summed E-state index contributed by atoms with van der Waals surface area (Å²) >= 11 is 0. The van der Waals surface area contributed by atoms with E-state index in [1.807, 2.05) is 18.2 Å². The van der Waals surface area contributed by atoms with Crippen LogP contribution in [0.3, 0.4) is 0 Å². The third kappa shape index (κ3) is 6.25. The van der Waals surface area contributed by atoms with E-state index in [0.29, 0.717) is 34.8 Å². The van der Waals surface area contributed by atoms with Crippen molar-refractivity contribution in [3.05, 3.63) is 72.8 Å². The van der Waals surface area contributed by atoms with Crippen molar-refractivity contribution in [2.75, 3.05) is 12.3 Å². The van der Waals surface area contributed by atoms with Crippen LogP contribution < -0.4 is 40.0 Å². The zero-order valence-corrected chi connectivity index (χ0v) is 22.3. The van der Waals surface area contributed by atoms with Crippen molar-refractivity contribution in [2.45, 2.75) is 11.8 Å². The van der Waals surface area contributed by atoms with Gasteiger partial charge in [0.2, 0.25) is 0 Å². The summed E-state index contributed by atoms with van der Waals surface area (Å²) in [7, 11) is -4.98. The molecule has 0 fully saturated rings. The van der Waals surface area contributed by atoms with Crippen molar-refractivity contribution in [1.29, 1.82) is 0 Å². The van der Waals surface area contributed by atoms with Gasteiger partial charge in [-0.15, -0.1) is 10.2 Å². The van der Waals surface area contributed by atoms with Crippen LogP contribution in [0.4, 0.5) is 28.4 Å². The molecule has 0 amide bonds. The normalized spacial score (nSPS) is 11.7. The van der Waals surface area contributed by atoms with Gasteiger partial charge < -0.3 is 20.1 Å². The van der Waals surface area contributed by atoms with E-state index in [9.17, 15) is 18.1 Å². The molecule has 3 N–H and O–H groups in total. The molecule has 0 spiro atoms. The molecule has 0 saturated carbocycles. The zero-order valence-electron chi connectivity index (χ0n) is 19.5. The molecule has 0 aliphatic heterocycles. The molecular weight excluding hydrogens is 493 g/mol. The Kier molecular flexibility index (Phi) is 8.77. The molecule has 0 radical (unpaired) electrons. The van der Waals surface area contributed by atoms with Gasteiger partial charge in [-0.05, 0) is 54.8 Å². The van der Waals surface area contributed by atoms with Crippen LogP contribution in [-0.4, -0.2) is 24.7 Å². The number of aromatic hydroxyl groups is 1. The van der Waals surface area contributed by atoms with Gasteiger partial charge in [0.05, 0.1) is 22.9 Å². The first-order valence-electron chi connectivity index (χ1n) is 10.4. The van der Waals surface area contributed by atoms with E-state index in [1.54, 1.807) is 37.3 Å². The predicted molar refractivity (Wildman–Crippen MR) is 130 cm³/mol. The number of benzene rings is 4. The van der Waals surface area contributed by atoms with Crippen LogP contribution in [0, 0.1) is 0 Å². The molecule has 10 nitrogen and oxygen atoms in total. The Morgan fingerprint density at radius 1 is 0.917 bits per heavy atom. The quantitative estimate of drug-likeness (QED) is 0.167. The van der Waals surface area contributed by atoms with Gasteiger partial charge in [0, 0.05) is 17.1 Å². The van der Waals surface area contributed by atoms with Gasteiger partial charge >= 0.3 is 29.6 Å². The van der Waals surface area contributed by atoms with Gasteiger partial charge in [0.1, 0.15) is 27.2 Å². The molecule has 0 unspecified atom stereocenters. The third-order valence-corrected chi connectivity index (χ3v) is 5.73. The van der Waals surface area contributed by atoms with Crippen LogP contribution in [0.15, 0.2) is 98.1 Å². The maximum Gasteiger partial charge on any atom is 1.00 e. The van der Waals surface area contributed by atoms with E-state index in [2.05, 4.69) is 20.5 Å². The first-order chi connectivity index (χ1) is 16.8. The average Bonchev–Trinajstić information content (AvgIpc) is 2.83. The Morgan fingerprint density at radius 2 is 1.64 bits per heavy atom. The minimum Gasteiger partial charge on any atom is -0.744 e. The van der Waals surface area contributed by atoms with Crippen LogP contribution in [0.5, 0.6) is 11.5 Å². The Hall–Kier alpha value is -3.35. The van der Waals surface area contributed by atoms with Crippen LogP contribution in [0.2, 0.25) is 0 Å². The Bertz CT molecular complexity index is 1560. The standard InChI is InChI=1S/C24H21N5O5S.Na/c1-2-34-21-14-18(27-26-17-6-4-3-5-7-17)10-11-20(21)28-29-23-22(35(31,32)33)12-15-8-9-16(25)13-19(15)24(23)30;/h3-14,30H,2,25H2,1H3,(H,31,32,33);/q;+1/p-1. The fourth-order valence-electron chi connectivity index (χ4n) is 3.28. The number of anilines is 1. The monoisotopic (exact) mass is 513 g/mol. The second-order valence-corrected chi connectivity index (χ2v) is 8.68. The van der Waals surface area contributed by atoms with E-state index in [-0.39, 0.29) is 40.6 Å². The fraction of sp³-hybridized carbons (Fsp3) is 0.0833. The zero-order chi connectivity index (χ0) is 25.0. The van der Waals surface area contributed by atoms with E-state index in [0.717, 1.165) is 6.07 Å². The first-order valence-corrected chi connectivity index (χ1v) is 11.8. The van der Waals surface area contributed by atoms with Gasteiger partial charge in [-0.3, -0.25) is 0 Å². The molecule has 12 heteroatoms. The molecule has 0 atom stereocenters. The van der Waals surface area contributed by atoms with Crippen LogP contribution >= 0.6 is 0 Å². The summed E-state index contributed by atoms with van der Waals surface area (Å²) in [6, 6.07) is 19.5. The summed E-state index contributed by atoms with van der Waals surface area (Å²) < 4.78 is 41.3. The first kappa shape index (κ1) is 27.2. The van der Waals surface area contributed by atoms with Crippen LogP contribution in [-0.2, 0) is 10.1 Å². The van der Waals surface area contributed by atoms with Gasteiger partial charge in [0.15, 0.2) is 5.75 Å². The number of ether oxygens (including phenoxy) is 1. The Balaban J connectivity index is 0.00000361. The van der Waals surface area contributed by atoms with Crippen molar-refractivity contribution in [3.63, 3.8) is 0 Å². The van der Waals surface area contributed by atoms with Gasteiger partial charge in [0.25, 0.3) is 0 Å². The molecular formula is C24H20N5NaO5S. The maximum atomic E-state index is 11.9. The number of rotatable bonds is 7. The number of azo groups is 2. The van der Waals surface area contributed by atoms with Crippen LogP contribution in [0.25, 0.3) is 10.8 Å². The molecule has 0 aliphatic carbocycles. The minimum atomic E-state index is -4.98. The van der Waals surface area contributed by atoms with Crippen LogP contribution in [0.1, 0.15) is 6.92 Å². The fourth-order valence-corrected chi connectivity index (χ4v) is 3.92. The predicted octanol–water partition coefficient (Wildman–Crippen LogP) is 3.27. The van der Waals surface area contributed by atoms with Crippen molar-refractivity contribution >= 4 is 49.3 Å². The Morgan fingerprint density at radius 3 is 2.33 bits per heavy atom. The second kappa shape index (κ2) is 11.6. The molecule has 4 aromatic carbocycles. The summed E-state index contributed by atoms with van der Waals surface area (Å²) in [5.74, 6) is -0.226. The smallest absolute Gasteiger partial charge is 0.744 e. The summed E-state index contributed by atoms with van der Waals surface area (Å²) in [6.45, 7) is 2.09. The van der Waals surface area contributed by atoms with E-state index in [1.165, 1.54) is 18.2 Å². The molecule has 4 aromatic rings. The molecule has 0 aromatic heterocycles. The number of phenols is 1. The number of nitrogens with two attached hydrogens (primary N) is 1. The SMILES string of the molecule is CCOc1cc(N=Nc2ccccc2)ccc1N=Nc1c(S(=O)(=O)[O-])cc2ccc(N)cc2c1O.[Na+]. The van der Waals surface area contributed by atoms with E-state index in [4.69, 9.17) is 10.5 Å². The molecule has 0 saturated heterocycles. The average molecular weight is 514 g/mol. The van der Waals surface area contributed by atoms with E-state index < -0.39 is 26.5 Å². The third-order valence-electron chi connectivity index (χ3n) is 4.88. The summed E-state index contributed by atoms with van der Waals surface area (Å²) in [5, 5.41) is 27.6. The van der Waals surface area contributed by atoms with E-state index >= 15 is 0 Å². The summed E-state index contributed by atoms with van der Waals surface area (Å²) in [6.07, 6.45) is 0. The maximum absolute atomic E-state index is 11.9. The molecule has 4 rings (SSSR count). The summed E-state index contributed by atoms with van der Waals surface area (Å²) in [5.41, 5.74) is 7.02.